The Bertz CT molecular complexity index is 554. The topological polar surface area (TPSA) is 21.3 Å². The van der Waals surface area contributed by atoms with Crippen molar-refractivity contribution < 1.29 is 4.74 Å². The zero-order valence-corrected chi connectivity index (χ0v) is 13.4. The Morgan fingerprint density at radius 3 is 2.19 bits per heavy atom. The molecule has 0 saturated carbocycles. The van der Waals surface area contributed by atoms with Gasteiger partial charge in [0.05, 0.1) is 6.10 Å². The quantitative estimate of drug-likeness (QED) is 0.797. The Morgan fingerprint density at radius 1 is 1.00 bits per heavy atom. The summed E-state index contributed by atoms with van der Waals surface area (Å²) in [5, 5.41) is 3.53. The maximum atomic E-state index is 5.80. The average molecular weight is 283 g/mol. The fourth-order valence-electron chi connectivity index (χ4n) is 2.29. The highest BCUT2D eigenvalue weighted by Crippen LogP contribution is 2.21. The highest BCUT2D eigenvalue weighted by atomic mass is 16.5. The van der Waals surface area contributed by atoms with Gasteiger partial charge in [-0.25, -0.2) is 0 Å². The first-order valence-electron chi connectivity index (χ1n) is 7.66. The van der Waals surface area contributed by atoms with Crippen molar-refractivity contribution in [1.82, 2.24) is 0 Å². The summed E-state index contributed by atoms with van der Waals surface area (Å²) in [5.74, 6) is 0.945. The van der Waals surface area contributed by atoms with Crippen LogP contribution in [0.25, 0.3) is 0 Å². The lowest BCUT2D eigenvalue weighted by Gasteiger charge is -2.14. The van der Waals surface area contributed by atoms with E-state index in [0.29, 0.717) is 0 Å². The van der Waals surface area contributed by atoms with Gasteiger partial charge in [0.15, 0.2) is 0 Å². The number of benzene rings is 2. The van der Waals surface area contributed by atoms with E-state index in [9.17, 15) is 0 Å². The van der Waals surface area contributed by atoms with E-state index in [1.807, 2.05) is 12.1 Å². The van der Waals surface area contributed by atoms with Crippen molar-refractivity contribution in [3.63, 3.8) is 0 Å². The molecule has 0 saturated heterocycles. The summed E-state index contributed by atoms with van der Waals surface area (Å²) in [6.07, 6.45) is 1.29. The van der Waals surface area contributed by atoms with Gasteiger partial charge in [0.2, 0.25) is 0 Å². The minimum atomic E-state index is 0.267. The smallest absolute Gasteiger partial charge is 0.119 e. The maximum Gasteiger partial charge on any atom is 0.119 e. The Kier molecular flexibility index (Phi) is 5.26. The van der Waals surface area contributed by atoms with Crippen LogP contribution in [-0.2, 0) is 6.54 Å². The zero-order valence-electron chi connectivity index (χ0n) is 13.4. The van der Waals surface area contributed by atoms with Crippen LogP contribution in [0, 0.1) is 13.8 Å². The van der Waals surface area contributed by atoms with Crippen molar-refractivity contribution in [2.75, 3.05) is 5.32 Å². The minimum absolute atomic E-state index is 0.267. The summed E-state index contributed by atoms with van der Waals surface area (Å²) in [6, 6.07) is 14.7. The highest BCUT2D eigenvalue weighted by molar-refractivity contribution is 5.56. The molecule has 0 aliphatic carbocycles. The van der Waals surface area contributed by atoms with Gasteiger partial charge in [-0.3, -0.25) is 0 Å². The summed E-state index contributed by atoms with van der Waals surface area (Å²) in [4.78, 5) is 0. The second kappa shape index (κ2) is 7.16. The summed E-state index contributed by atoms with van der Waals surface area (Å²) < 4.78 is 5.80. The summed E-state index contributed by atoms with van der Waals surface area (Å²) in [7, 11) is 0. The summed E-state index contributed by atoms with van der Waals surface area (Å²) in [5.41, 5.74) is 5.06. The molecule has 1 atom stereocenters. The van der Waals surface area contributed by atoms with Gasteiger partial charge in [-0.2, -0.15) is 0 Å². The van der Waals surface area contributed by atoms with Gasteiger partial charge in [0.25, 0.3) is 0 Å². The number of hydrogen-bond acceptors (Lipinski definition) is 2. The Morgan fingerprint density at radius 2 is 1.62 bits per heavy atom. The molecule has 2 heteroatoms. The molecule has 2 rings (SSSR count). The third-order valence-electron chi connectivity index (χ3n) is 3.79. The van der Waals surface area contributed by atoms with E-state index in [2.05, 4.69) is 63.3 Å². The SMILES string of the molecule is CCC(C)Oc1ccc(CNc2c(C)cccc2C)cc1. The molecule has 1 N–H and O–H groups in total. The number of ether oxygens (including phenoxy) is 1. The number of para-hydroxylation sites is 1. The third-order valence-corrected chi connectivity index (χ3v) is 3.79. The first-order chi connectivity index (χ1) is 10.1. The van der Waals surface area contributed by atoms with Crippen molar-refractivity contribution in [1.29, 1.82) is 0 Å². The standard InChI is InChI=1S/C19H25NO/c1-5-16(4)21-18-11-9-17(10-12-18)13-20-19-14(2)7-6-8-15(19)3/h6-12,16,20H,5,13H2,1-4H3. The van der Waals surface area contributed by atoms with E-state index in [4.69, 9.17) is 4.74 Å². The molecule has 2 aromatic rings. The van der Waals surface area contributed by atoms with Gasteiger partial charge in [0, 0.05) is 12.2 Å². The van der Waals surface area contributed by atoms with Crippen LogP contribution in [0.5, 0.6) is 5.75 Å². The van der Waals surface area contributed by atoms with Crippen molar-refractivity contribution in [3.8, 4) is 5.75 Å². The van der Waals surface area contributed by atoms with Crippen LogP contribution in [0.2, 0.25) is 0 Å². The molecular formula is C19H25NO. The Hall–Kier alpha value is -1.96. The first-order valence-corrected chi connectivity index (χ1v) is 7.66. The molecule has 0 aliphatic heterocycles. The Balaban J connectivity index is 1.98. The lowest BCUT2D eigenvalue weighted by molar-refractivity contribution is 0.217. The zero-order chi connectivity index (χ0) is 15.2. The van der Waals surface area contributed by atoms with Gasteiger partial charge in [-0.1, -0.05) is 37.3 Å². The van der Waals surface area contributed by atoms with Gasteiger partial charge >= 0.3 is 0 Å². The third kappa shape index (κ3) is 4.25. The highest BCUT2D eigenvalue weighted by Gasteiger charge is 2.03. The molecule has 21 heavy (non-hydrogen) atoms. The second-order valence-electron chi connectivity index (χ2n) is 5.60. The number of nitrogens with one attached hydrogen (secondary N) is 1. The van der Waals surface area contributed by atoms with Gasteiger partial charge < -0.3 is 10.1 Å². The predicted octanol–water partition coefficient (Wildman–Crippen LogP) is 5.09. The molecule has 0 fully saturated rings. The van der Waals surface area contributed by atoms with Crippen LogP contribution in [-0.4, -0.2) is 6.10 Å². The van der Waals surface area contributed by atoms with Crippen molar-refractivity contribution in [2.45, 2.75) is 46.8 Å². The van der Waals surface area contributed by atoms with E-state index in [0.717, 1.165) is 18.7 Å². The molecular weight excluding hydrogens is 258 g/mol. The van der Waals surface area contributed by atoms with Crippen LogP contribution in [0.15, 0.2) is 42.5 Å². The van der Waals surface area contributed by atoms with Crippen LogP contribution in [0.4, 0.5) is 5.69 Å². The fraction of sp³-hybridized carbons (Fsp3) is 0.368. The van der Waals surface area contributed by atoms with Gasteiger partial charge in [-0.15, -0.1) is 0 Å². The summed E-state index contributed by atoms with van der Waals surface area (Å²) >= 11 is 0. The first kappa shape index (κ1) is 15.4. The molecule has 0 aliphatic rings. The molecule has 1 unspecified atom stereocenters. The molecule has 0 aromatic heterocycles. The molecule has 2 aromatic carbocycles. The maximum absolute atomic E-state index is 5.80. The van der Waals surface area contributed by atoms with Crippen molar-refractivity contribution in [3.05, 3.63) is 59.2 Å². The van der Waals surface area contributed by atoms with Crippen LogP contribution >= 0.6 is 0 Å². The van der Waals surface area contributed by atoms with E-state index in [1.165, 1.54) is 22.4 Å². The van der Waals surface area contributed by atoms with E-state index >= 15 is 0 Å². The molecule has 112 valence electrons. The number of anilines is 1. The molecule has 0 radical (unpaired) electrons. The molecule has 2 nitrogen and oxygen atoms in total. The molecule has 0 heterocycles. The minimum Gasteiger partial charge on any atom is -0.491 e. The second-order valence-corrected chi connectivity index (χ2v) is 5.60. The number of aryl methyl sites for hydroxylation is 2. The van der Waals surface area contributed by atoms with Crippen LogP contribution < -0.4 is 10.1 Å². The average Bonchev–Trinajstić information content (AvgIpc) is 2.48. The van der Waals surface area contributed by atoms with Crippen LogP contribution in [0.3, 0.4) is 0 Å². The fourth-order valence-corrected chi connectivity index (χ4v) is 2.29. The van der Waals surface area contributed by atoms with Gasteiger partial charge in [0.1, 0.15) is 5.75 Å². The molecule has 0 bridgehead atoms. The number of hydrogen-bond donors (Lipinski definition) is 1. The summed E-state index contributed by atoms with van der Waals surface area (Å²) in [6.45, 7) is 9.33. The normalized spacial score (nSPS) is 12.0. The van der Waals surface area contributed by atoms with E-state index in [-0.39, 0.29) is 6.10 Å². The Labute approximate surface area is 128 Å². The predicted molar refractivity (Wildman–Crippen MR) is 90.1 cm³/mol. The largest absolute Gasteiger partial charge is 0.491 e. The molecule has 0 spiro atoms. The van der Waals surface area contributed by atoms with Gasteiger partial charge in [-0.05, 0) is 56.0 Å². The van der Waals surface area contributed by atoms with Crippen molar-refractivity contribution in [2.24, 2.45) is 0 Å². The van der Waals surface area contributed by atoms with E-state index < -0.39 is 0 Å². The lowest BCUT2D eigenvalue weighted by Crippen LogP contribution is -2.09. The van der Waals surface area contributed by atoms with Crippen LogP contribution in [0.1, 0.15) is 37.0 Å². The number of rotatable bonds is 6. The molecule has 0 amide bonds. The monoisotopic (exact) mass is 283 g/mol. The lowest BCUT2D eigenvalue weighted by atomic mass is 10.1. The van der Waals surface area contributed by atoms with Crippen molar-refractivity contribution >= 4 is 5.69 Å². The van der Waals surface area contributed by atoms with E-state index in [1.54, 1.807) is 0 Å².